The standard InChI is InChI=1S/C14H13NO2/c1-9-5-6-10-3-2-4-13(14(10)15-9)17-12-7-11(16)8-12/h2-6,12H,7-8H2,1H3. The molecule has 3 rings (SSSR count). The predicted octanol–water partition coefficient (Wildman–Crippen LogP) is 2.65. The number of ether oxygens (including phenoxy) is 1. The molecular weight excluding hydrogens is 214 g/mol. The van der Waals surface area contributed by atoms with Crippen molar-refractivity contribution in [3.05, 3.63) is 36.0 Å². The van der Waals surface area contributed by atoms with E-state index >= 15 is 0 Å². The third-order valence-electron chi connectivity index (χ3n) is 3.03. The topological polar surface area (TPSA) is 39.2 Å². The highest BCUT2D eigenvalue weighted by Gasteiger charge is 2.28. The molecule has 1 aromatic carbocycles. The van der Waals surface area contributed by atoms with Crippen molar-refractivity contribution in [1.82, 2.24) is 4.98 Å². The molecule has 1 aliphatic carbocycles. The van der Waals surface area contributed by atoms with Crippen LogP contribution in [0.1, 0.15) is 18.5 Å². The van der Waals surface area contributed by atoms with Crippen LogP contribution in [0.4, 0.5) is 0 Å². The molecule has 86 valence electrons. The van der Waals surface area contributed by atoms with E-state index in [0.717, 1.165) is 22.3 Å². The Bertz CT molecular complexity index is 584. The highest BCUT2D eigenvalue weighted by atomic mass is 16.5. The first kappa shape index (κ1) is 10.3. The van der Waals surface area contributed by atoms with E-state index in [1.807, 2.05) is 37.3 Å². The predicted molar refractivity (Wildman–Crippen MR) is 65.1 cm³/mol. The molecule has 0 saturated heterocycles. The van der Waals surface area contributed by atoms with Crippen molar-refractivity contribution < 1.29 is 9.53 Å². The number of hydrogen-bond donors (Lipinski definition) is 0. The molecule has 0 radical (unpaired) electrons. The van der Waals surface area contributed by atoms with Gasteiger partial charge in [0.2, 0.25) is 0 Å². The molecule has 0 N–H and O–H groups in total. The van der Waals surface area contributed by atoms with E-state index in [2.05, 4.69) is 4.98 Å². The van der Waals surface area contributed by atoms with E-state index in [1.165, 1.54) is 0 Å². The summed E-state index contributed by atoms with van der Waals surface area (Å²) in [5, 5.41) is 1.07. The van der Waals surface area contributed by atoms with Gasteiger partial charge in [-0.1, -0.05) is 18.2 Å². The summed E-state index contributed by atoms with van der Waals surface area (Å²) in [5.41, 5.74) is 1.85. The molecule has 1 aliphatic rings. The van der Waals surface area contributed by atoms with Gasteiger partial charge in [-0.25, -0.2) is 4.98 Å². The molecule has 0 spiro atoms. The summed E-state index contributed by atoms with van der Waals surface area (Å²) in [4.78, 5) is 15.4. The average molecular weight is 227 g/mol. The van der Waals surface area contributed by atoms with E-state index in [-0.39, 0.29) is 11.9 Å². The number of Topliss-reactive ketones (excluding diaryl/α,β-unsaturated/α-hetero) is 1. The molecule has 0 amide bonds. The number of pyridine rings is 1. The van der Waals surface area contributed by atoms with Crippen LogP contribution >= 0.6 is 0 Å². The average Bonchev–Trinajstić information content (AvgIpc) is 2.28. The van der Waals surface area contributed by atoms with Gasteiger partial charge < -0.3 is 4.74 Å². The normalized spacial score (nSPS) is 15.9. The van der Waals surface area contributed by atoms with Crippen molar-refractivity contribution in [2.45, 2.75) is 25.9 Å². The molecule has 3 nitrogen and oxygen atoms in total. The van der Waals surface area contributed by atoms with Gasteiger partial charge in [-0.15, -0.1) is 0 Å². The Labute approximate surface area is 99.4 Å². The third kappa shape index (κ3) is 1.88. The molecule has 1 heterocycles. The van der Waals surface area contributed by atoms with Crippen molar-refractivity contribution >= 4 is 16.7 Å². The van der Waals surface area contributed by atoms with Gasteiger partial charge in [0.05, 0.1) is 0 Å². The molecule has 3 heteroatoms. The minimum Gasteiger partial charge on any atom is -0.487 e. The van der Waals surface area contributed by atoms with E-state index in [4.69, 9.17) is 4.74 Å². The Hall–Kier alpha value is -1.90. The van der Waals surface area contributed by atoms with E-state index in [9.17, 15) is 4.79 Å². The van der Waals surface area contributed by atoms with Crippen LogP contribution in [-0.4, -0.2) is 16.9 Å². The number of carbonyl (C=O) groups is 1. The fraction of sp³-hybridized carbons (Fsp3) is 0.286. The summed E-state index contributed by atoms with van der Waals surface area (Å²) in [7, 11) is 0. The van der Waals surface area contributed by atoms with Gasteiger partial charge >= 0.3 is 0 Å². The number of hydrogen-bond acceptors (Lipinski definition) is 3. The molecule has 1 aromatic heterocycles. The summed E-state index contributed by atoms with van der Waals surface area (Å²) in [6, 6.07) is 9.91. The number of rotatable bonds is 2. The Morgan fingerprint density at radius 1 is 1.24 bits per heavy atom. The quantitative estimate of drug-likeness (QED) is 0.791. The lowest BCUT2D eigenvalue weighted by Crippen LogP contribution is -2.33. The van der Waals surface area contributed by atoms with Crippen LogP contribution in [0.3, 0.4) is 0 Å². The largest absolute Gasteiger partial charge is 0.487 e. The summed E-state index contributed by atoms with van der Waals surface area (Å²) in [6.45, 7) is 1.96. The molecule has 0 bridgehead atoms. The van der Waals surface area contributed by atoms with Gasteiger partial charge in [0.25, 0.3) is 0 Å². The minimum atomic E-state index is 0.0374. The van der Waals surface area contributed by atoms with E-state index < -0.39 is 0 Å². The lowest BCUT2D eigenvalue weighted by molar-refractivity contribution is -0.129. The SMILES string of the molecule is Cc1ccc2cccc(OC3CC(=O)C3)c2n1. The smallest absolute Gasteiger partial charge is 0.145 e. The van der Waals surface area contributed by atoms with Crippen molar-refractivity contribution in [3.8, 4) is 5.75 Å². The van der Waals surface area contributed by atoms with Crippen molar-refractivity contribution in [2.24, 2.45) is 0 Å². The monoisotopic (exact) mass is 227 g/mol. The summed E-state index contributed by atoms with van der Waals surface area (Å²) < 4.78 is 5.81. The Balaban J connectivity index is 1.97. The fourth-order valence-electron chi connectivity index (χ4n) is 2.02. The van der Waals surface area contributed by atoms with Crippen LogP contribution in [-0.2, 0) is 4.79 Å². The summed E-state index contributed by atoms with van der Waals surface area (Å²) in [5.74, 6) is 1.06. The summed E-state index contributed by atoms with van der Waals surface area (Å²) >= 11 is 0. The second kappa shape index (κ2) is 3.84. The number of nitrogens with zero attached hydrogens (tertiary/aromatic N) is 1. The number of para-hydroxylation sites is 1. The molecule has 0 unspecified atom stereocenters. The van der Waals surface area contributed by atoms with Crippen LogP contribution in [0.25, 0.3) is 10.9 Å². The van der Waals surface area contributed by atoms with Crippen LogP contribution in [0, 0.1) is 6.92 Å². The lowest BCUT2D eigenvalue weighted by Gasteiger charge is -2.25. The lowest BCUT2D eigenvalue weighted by atomic mass is 9.94. The molecule has 0 aliphatic heterocycles. The molecular formula is C14H13NO2. The zero-order valence-electron chi connectivity index (χ0n) is 9.64. The zero-order valence-corrected chi connectivity index (χ0v) is 9.64. The van der Waals surface area contributed by atoms with Gasteiger partial charge in [-0.3, -0.25) is 4.79 Å². The van der Waals surface area contributed by atoms with E-state index in [0.29, 0.717) is 12.8 Å². The molecule has 2 aromatic rings. The molecule has 1 saturated carbocycles. The highest BCUT2D eigenvalue weighted by Crippen LogP contribution is 2.28. The number of carbonyl (C=O) groups excluding carboxylic acids is 1. The third-order valence-corrected chi connectivity index (χ3v) is 3.03. The molecule has 17 heavy (non-hydrogen) atoms. The first-order valence-electron chi connectivity index (χ1n) is 5.77. The first-order valence-corrected chi connectivity index (χ1v) is 5.77. The van der Waals surface area contributed by atoms with Crippen molar-refractivity contribution in [3.63, 3.8) is 0 Å². The van der Waals surface area contributed by atoms with Gasteiger partial charge in [0.1, 0.15) is 23.2 Å². The maximum absolute atomic E-state index is 10.9. The van der Waals surface area contributed by atoms with Crippen LogP contribution in [0.15, 0.2) is 30.3 Å². The number of benzene rings is 1. The fourth-order valence-corrected chi connectivity index (χ4v) is 2.02. The Morgan fingerprint density at radius 2 is 2.06 bits per heavy atom. The maximum Gasteiger partial charge on any atom is 0.145 e. The maximum atomic E-state index is 10.9. The highest BCUT2D eigenvalue weighted by molar-refractivity contribution is 5.87. The Kier molecular flexibility index (Phi) is 2.32. The van der Waals surface area contributed by atoms with Crippen molar-refractivity contribution in [2.75, 3.05) is 0 Å². The molecule has 0 atom stereocenters. The van der Waals surface area contributed by atoms with Crippen molar-refractivity contribution in [1.29, 1.82) is 0 Å². The zero-order chi connectivity index (χ0) is 11.8. The van der Waals surface area contributed by atoms with Crippen LogP contribution in [0.2, 0.25) is 0 Å². The van der Waals surface area contributed by atoms with Gasteiger partial charge in [-0.2, -0.15) is 0 Å². The first-order chi connectivity index (χ1) is 8.22. The molecule has 1 fully saturated rings. The van der Waals surface area contributed by atoms with Gasteiger partial charge in [0.15, 0.2) is 0 Å². The number of ketones is 1. The summed E-state index contributed by atoms with van der Waals surface area (Å²) in [6.07, 6.45) is 1.10. The van der Waals surface area contributed by atoms with Gasteiger partial charge in [-0.05, 0) is 19.1 Å². The minimum absolute atomic E-state index is 0.0374. The number of fused-ring (bicyclic) bond motifs is 1. The van der Waals surface area contributed by atoms with Crippen LogP contribution < -0.4 is 4.74 Å². The number of aryl methyl sites for hydroxylation is 1. The second-order valence-electron chi connectivity index (χ2n) is 4.47. The van der Waals surface area contributed by atoms with Gasteiger partial charge in [0, 0.05) is 23.9 Å². The van der Waals surface area contributed by atoms with Crippen LogP contribution in [0.5, 0.6) is 5.75 Å². The Morgan fingerprint density at radius 3 is 2.82 bits per heavy atom. The number of aromatic nitrogens is 1. The second-order valence-corrected chi connectivity index (χ2v) is 4.47. The van der Waals surface area contributed by atoms with E-state index in [1.54, 1.807) is 0 Å².